The molecule has 0 spiro atoms. The van der Waals surface area contributed by atoms with Crippen molar-refractivity contribution >= 4 is 40.7 Å². The maximum absolute atomic E-state index is 14.6. The van der Waals surface area contributed by atoms with E-state index in [0.29, 0.717) is 17.8 Å². The fourth-order valence-corrected chi connectivity index (χ4v) is 6.26. The molecule has 1 heterocycles. The van der Waals surface area contributed by atoms with Gasteiger partial charge >= 0.3 is 0 Å². The molecule has 1 aliphatic rings. The molecule has 4 aromatic carbocycles. The number of carbonyl (C=O) groups excluding carboxylic acids is 3. The second kappa shape index (κ2) is 15.2. The molecule has 1 aliphatic heterocycles. The second-order valence-corrected chi connectivity index (χ2v) is 12.7. The van der Waals surface area contributed by atoms with Crippen molar-refractivity contribution in [3.05, 3.63) is 137 Å². The molecular weight excluding hydrogens is 627 g/mol. The molecule has 0 bridgehead atoms. The van der Waals surface area contributed by atoms with Crippen molar-refractivity contribution in [1.82, 2.24) is 5.32 Å². The van der Waals surface area contributed by atoms with E-state index in [1.807, 2.05) is 92.7 Å². The highest BCUT2D eigenvalue weighted by Gasteiger charge is 2.37. The highest BCUT2D eigenvalue weighted by atomic mass is 35.5. The summed E-state index contributed by atoms with van der Waals surface area (Å²) >= 11 is 6.07. The van der Waals surface area contributed by atoms with Crippen LogP contribution in [0.2, 0.25) is 5.02 Å². The Balaban J connectivity index is 1.58. The fraction of sp³-hybridized carbons (Fsp3) is 0.231. The Morgan fingerprint density at radius 3 is 2.33 bits per heavy atom. The summed E-state index contributed by atoms with van der Waals surface area (Å²) < 4.78 is 13.9. The lowest BCUT2D eigenvalue weighted by Gasteiger charge is -2.28. The first kappa shape index (κ1) is 34.3. The van der Waals surface area contributed by atoms with Crippen LogP contribution < -0.4 is 16.0 Å². The lowest BCUT2D eigenvalue weighted by molar-refractivity contribution is -0.135. The number of nitrogens with one attached hydrogen (secondary N) is 1. The summed E-state index contributed by atoms with van der Waals surface area (Å²) in [6, 6.07) is 29.1. The third kappa shape index (κ3) is 7.72. The van der Waals surface area contributed by atoms with Crippen LogP contribution >= 0.6 is 11.6 Å². The van der Waals surface area contributed by atoms with Gasteiger partial charge in [0.05, 0.1) is 34.8 Å². The Labute approximate surface area is 285 Å². The standard InChI is InChI=1S/C39H38ClFN4O3/c1-4-11-29(36(42)46)31(20-24(2)3)38(47)44-37-39(48)45(23-25-12-10-15-27(21-25)28-18-19-33(41)32(40)22-28)34-17-9-8-16-30(34)35(43-37)26-13-6-5-7-14-26/h4-10,12-19,21-22,24,29,31,37H,1,11,20,23H2,2-3H3,(H2,42,46)(H,44,47). The normalized spacial score (nSPS) is 15.6. The van der Waals surface area contributed by atoms with Crippen LogP contribution in [0.4, 0.5) is 10.1 Å². The summed E-state index contributed by atoms with van der Waals surface area (Å²) in [5.41, 5.74) is 10.7. The van der Waals surface area contributed by atoms with Gasteiger partial charge in [-0.25, -0.2) is 9.38 Å². The molecule has 48 heavy (non-hydrogen) atoms. The summed E-state index contributed by atoms with van der Waals surface area (Å²) in [7, 11) is 0. The number of aliphatic imine (C=N–C) groups is 1. The number of anilines is 1. The first-order chi connectivity index (χ1) is 23.1. The van der Waals surface area contributed by atoms with E-state index in [4.69, 9.17) is 22.3 Å². The van der Waals surface area contributed by atoms with Crippen LogP contribution in [0, 0.1) is 23.6 Å². The van der Waals surface area contributed by atoms with Gasteiger partial charge in [-0.05, 0) is 59.7 Å². The molecule has 0 aromatic heterocycles. The number of allylic oxidation sites excluding steroid dienone is 1. The van der Waals surface area contributed by atoms with Crippen molar-refractivity contribution in [3.63, 3.8) is 0 Å². The predicted molar refractivity (Wildman–Crippen MR) is 189 cm³/mol. The zero-order valence-corrected chi connectivity index (χ0v) is 27.7. The Morgan fingerprint density at radius 1 is 0.958 bits per heavy atom. The second-order valence-electron chi connectivity index (χ2n) is 12.3. The van der Waals surface area contributed by atoms with Gasteiger partial charge in [0, 0.05) is 11.1 Å². The van der Waals surface area contributed by atoms with E-state index in [0.717, 1.165) is 27.8 Å². The monoisotopic (exact) mass is 664 g/mol. The Bertz CT molecular complexity index is 1860. The van der Waals surface area contributed by atoms with Gasteiger partial charge in [0.15, 0.2) is 0 Å². The van der Waals surface area contributed by atoms with Gasteiger partial charge in [-0.15, -0.1) is 6.58 Å². The van der Waals surface area contributed by atoms with E-state index in [2.05, 4.69) is 11.9 Å². The Kier molecular flexibility index (Phi) is 10.9. The van der Waals surface area contributed by atoms with Gasteiger partial charge in [0.25, 0.3) is 5.91 Å². The zero-order chi connectivity index (χ0) is 34.4. The number of nitrogens with zero attached hydrogens (tertiary/aromatic N) is 2. The predicted octanol–water partition coefficient (Wildman–Crippen LogP) is 7.31. The maximum atomic E-state index is 14.6. The van der Waals surface area contributed by atoms with Gasteiger partial charge in [-0.2, -0.15) is 0 Å². The minimum atomic E-state index is -1.30. The largest absolute Gasteiger partial charge is 0.369 e. The number of fused-ring (bicyclic) bond motifs is 1. The highest BCUT2D eigenvalue weighted by Crippen LogP contribution is 2.32. The lowest BCUT2D eigenvalue weighted by Crippen LogP contribution is -2.50. The van der Waals surface area contributed by atoms with Crippen LogP contribution in [0.3, 0.4) is 0 Å². The highest BCUT2D eigenvalue weighted by molar-refractivity contribution is 6.31. The van der Waals surface area contributed by atoms with Gasteiger partial charge in [-0.1, -0.05) is 104 Å². The molecule has 0 saturated carbocycles. The number of amides is 3. The minimum absolute atomic E-state index is 0.0149. The SMILES string of the molecule is C=CCC(C(N)=O)C(CC(C)C)C(=O)NC1N=C(c2ccccc2)c2ccccc2N(Cc2cccc(-c3ccc(F)c(Cl)c3)c2)C1=O. The topological polar surface area (TPSA) is 105 Å². The third-order valence-corrected chi connectivity index (χ3v) is 8.68. The molecule has 4 aromatic rings. The van der Waals surface area contributed by atoms with Crippen molar-refractivity contribution in [1.29, 1.82) is 0 Å². The number of carbonyl (C=O) groups is 3. The number of rotatable bonds is 12. The molecule has 7 nitrogen and oxygen atoms in total. The molecule has 3 atom stereocenters. The molecule has 3 amide bonds. The van der Waals surface area contributed by atoms with Crippen LogP contribution in [0.1, 0.15) is 43.4 Å². The van der Waals surface area contributed by atoms with Gasteiger partial charge in [0.2, 0.25) is 18.0 Å². The molecule has 3 unspecified atom stereocenters. The minimum Gasteiger partial charge on any atom is -0.369 e. The summed E-state index contributed by atoms with van der Waals surface area (Å²) in [5.74, 6) is -3.55. The average molecular weight is 665 g/mol. The van der Waals surface area contributed by atoms with Gasteiger partial charge in [-0.3, -0.25) is 14.4 Å². The first-order valence-electron chi connectivity index (χ1n) is 15.9. The molecular formula is C39H38ClFN4O3. The number of para-hydroxylation sites is 1. The van der Waals surface area contributed by atoms with Crippen molar-refractivity contribution in [2.75, 3.05) is 4.90 Å². The first-order valence-corrected chi connectivity index (χ1v) is 16.2. The van der Waals surface area contributed by atoms with Crippen LogP contribution in [0.25, 0.3) is 11.1 Å². The smallest absolute Gasteiger partial charge is 0.272 e. The number of primary amides is 1. The summed E-state index contributed by atoms with van der Waals surface area (Å²) in [5, 5.41) is 2.91. The van der Waals surface area contributed by atoms with E-state index in [1.165, 1.54) is 6.07 Å². The van der Waals surface area contributed by atoms with E-state index in [-0.39, 0.29) is 23.9 Å². The molecule has 0 fully saturated rings. The summed E-state index contributed by atoms with van der Waals surface area (Å²) in [6.45, 7) is 7.82. The van der Waals surface area contributed by atoms with E-state index in [9.17, 15) is 18.8 Å². The molecule has 246 valence electrons. The maximum Gasteiger partial charge on any atom is 0.272 e. The summed E-state index contributed by atoms with van der Waals surface area (Å²) in [6.07, 6.45) is 0.884. The molecule has 5 rings (SSSR count). The number of benzodiazepines with no additional fused rings is 1. The van der Waals surface area contributed by atoms with Crippen LogP contribution in [-0.4, -0.2) is 29.6 Å². The van der Waals surface area contributed by atoms with Crippen molar-refractivity contribution in [2.45, 2.75) is 39.4 Å². The van der Waals surface area contributed by atoms with Crippen molar-refractivity contribution < 1.29 is 18.8 Å². The van der Waals surface area contributed by atoms with Gasteiger partial charge < -0.3 is 16.0 Å². The number of hydrogen-bond acceptors (Lipinski definition) is 4. The van der Waals surface area contributed by atoms with Crippen molar-refractivity contribution in [3.8, 4) is 11.1 Å². The van der Waals surface area contributed by atoms with Crippen molar-refractivity contribution in [2.24, 2.45) is 28.5 Å². The van der Waals surface area contributed by atoms with Crippen LogP contribution in [0.5, 0.6) is 0 Å². The summed E-state index contributed by atoms with van der Waals surface area (Å²) in [4.78, 5) is 47.6. The number of nitrogens with two attached hydrogens (primary N) is 1. The van der Waals surface area contributed by atoms with Gasteiger partial charge in [0.1, 0.15) is 5.82 Å². The van der Waals surface area contributed by atoms with E-state index >= 15 is 0 Å². The van der Waals surface area contributed by atoms with Crippen LogP contribution in [0.15, 0.2) is 115 Å². The number of halogens is 2. The fourth-order valence-electron chi connectivity index (χ4n) is 6.08. The third-order valence-electron chi connectivity index (χ3n) is 8.39. The molecule has 0 aliphatic carbocycles. The molecule has 0 saturated heterocycles. The van der Waals surface area contributed by atoms with Crippen LogP contribution in [-0.2, 0) is 20.9 Å². The number of hydrogen-bond donors (Lipinski definition) is 2. The Morgan fingerprint density at radius 2 is 1.65 bits per heavy atom. The van der Waals surface area contributed by atoms with E-state index < -0.39 is 41.5 Å². The lowest BCUT2D eigenvalue weighted by atomic mass is 9.82. The zero-order valence-electron chi connectivity index (χ0n) is 26.9. The Hall–Kier alpha value is -5.08. The average Bonchev–Trinajstić information content (AvgIpc) is 3.18. The number of benzene rings is 4. The van der Waals surface area contributed by atoms with E-state index in [1.54, 1.807) is 23.1 Å². The quantitative estimate of drug-likeness (QED) is 0.155. The molecule has 3 N–H and O–H groups in total. The molecule has 9 heteroatoms. The molecule has 0 radical (unpaired) electrons.